The summed E-state index contributed by atoms with van der Waals surface area (Å²) < 4.78 is 0. The van der Waals surface area contributed by atoms with E-state index in [1.54, 1.807) is 5.48 Å². The number of carbonyl (C=O) groups is 2. The second-order valence-electron chi connectivity index (χ2n) is 5.47. The van der Waals surface area contributed by atoms with Crippen molar-refractivity contribution in [2.45, 2.75) is 53.5 Å². The van der Waals surface area contributed by atoms with Crippen LogP contribution >= 0.6 is 0 Å². The molecule has 0 aliphatic rings. The third-order valence-corrected chi connectivity index (χ3v) is 2.69. The quantitative estimate of drug-likeness (QED) is 0.506. The van der Waals surface area contributed by atoms with Crippen molar-refractivity contribution < 1.29 is 14.8 Å². The van der Waals surface area contributed by atoms with Crippen LogP contribution in [-0.2, 0) is 9.59 Å². The van der Waals surface area contributed by atoms with Gasteiger partial charge in [0.15, 0.2) is 0 Å². The number of hydroxylamine groups is 1. The third kappa shape index (κ3) is 5.17. The zero-order valence-corrected chi connectivity index (χ0v) is 11.3. The highest BCUT2D eigenvalue weighted by atomic mass is 16.5. The third-order valence-electron chi connectivity index (χ3n) is 2.69. The van der Waals surface area contributed by atoms with Crippen LogP contribution in [0.1, 0.15) is 47.5 Å². The maximum absolute atomic E-state index is 11.8. The largest absolute Gasteiger partial charge is 0.343 e. The first-order valence-electron chi connectivity index (χ1n) is 5.98. The lowest BCUT2D eigenvalue weighted by atomic mass is 9.85. The molecule has 0 aliphatic heterocycles. The highest BCUT2D eigenvalue weighted by Crippen LogP contribution is 2.20. The summed E-state index contributed by atoms with van der Waals surface area (Å²) in [5.74, 6) is -0.874. The van der Waals surface area contributed by atoms with Crippen LogP contribution in [0.15, 0.2) is 0 Å². The molecule has 0 aliphatic carbocycles. The highest BCUT2D eigenvalue weighted by molar-refractivity contribution is 5.88. The van der Waals surface area contributed by atoms with E-state index in [2.05, 4.69) is 5.32 Å². The maximum Gasteiger partial charge on any atom is 0.266 e. The number of rotatable bonds is 5. The Bertz CT molecular complexity index is 271. The van der Waals surface area contributed by atoms with Crippen LogP contribution in [0.4, 0.5) is 0 Å². The van der Waals surface area contributed by atoms with Gasteiger partial charge in [0.25, 0.3) is 5.91 Å². The van der Waals surface area contributed by atoms with Crippen molar-refractivity contribution in [3.63, 3.8) is 0 Å². The van der Waals surface area contributed by atoms with Crippen LogP contribution in [0.25, 0.3) is 0 Å². The van der Waals surface area contributed by atoms with Crippen molar-refractivity contribution in [3.05, 3.63) is 0 Å². The molecule has 0 aromatic heterocycles. The van der Waals surface area contributed by atoms with Crippen molar-refractivity contribution in [1.29, 1.82) is 0 Å². The molecular formula is C12H24N2O3. The van der Waals surface area contributed by atoms with Crippen LogP contribution in [0.3, 0.4) is 0 Å². The number of nitrogens with one attached hydrogen (secondary N) is 2. The molecule has 17 heavy (non-hydrogen) atoms. The first kappa shape index (κ1) is 15.9. The Morgan fingerprint density at radius 1 is 1.24 bits per heavy atom. The smallest absolute Gasteiger partial charge is 0.266 e. The molecule has 1 unspecified atom stereocenters. The second-order valence-corrected chi connectivity index (χ2v) is 5.47. The second kappa shape index (κ2) is 6.59. The van der Waals surface area contributed by atoms with Gasteiger partial charge in [0, 0.05) is 5.92 Å². The van der Waals surface area contributed by atoms with Crippen LogP contribution in [0.5, 0.6) is 0 Å². The molecular weight excluding hydrogens is 220 g/mol. The normalized spacial score (nSPS) is 14.9. The maximum atomic E-state index is 11.8. The number of hydrogen-bond donors (Lipinski definition) is 3. The van der Waals surface area contributed by atoms with Crippen molar-refractivity contribution >= 4 is 11.8 Å². The first-order valence-corrected chi connectivity index (χ1v) is 5.98. The minimum atomic E-state index is -0.737. The standard InChI is InChI=1S/C12H24N2O3/c1-6-7-8(2)10(15)13-9(11(16)14-17)12(3,4)5/h8-9,17H,6-7H2,1-5H3,(H,13,15)(H,14,16)/t8?,9-/m1/s1. The van der Waals surface area contributed by atoms with E-state index in [4.69, 9.17) is 5.21 Å². The zero-order valence-electron chi connectivity index (χ0n) is 11.3. The van der Waals surface area contributed by atoms with Gasteiger partial charge in [0.2, 0.25) is 5.91 Å². The topological polar surface area (TPSA) is 78.4 Å². The predicted octanol–water partition coefficient (Wildman–Crippen LogP) is 1.46. The van der Waals surface area contributed by atoms with Crippen LogP contribution in [0, 0.1) is 11.3 Å². The van der Waals surface area contributed by atoms with E-state index in [9.17, 15) is 9.59 Å². The summed E-state index contributed by atoms with van der Waals surface area (Å²) in [6.45, 7) is 9.33. The number of amides is 2. The molecule has 2 atom stereocenters. The summed E-state index contributed by atoms with van der Waals surface area (Å²) >= 11 is 0. The lowest BCUT2D eigenvalue weighted by molar-refractivity contribution is -0.138. The Hall–Kier alpha value is -1.10. The molecule has 0 aromatic rings. The van der Waals surface area contributed by atoms with Crippen molar-refractivity contribution in [3.8, 4) is 0 Å². The average Bonchev–Trinajstić information content (AvgIpc) is 2.23. The first-order chi connectivity index (χ1) is 7.73. The van der Waals surface area contributed by atoms with E-state index in [0.717, 1.165) is 12.8 Å². The SMILES string of the molecule is CCCC(C)C(=O)N[C@H](C(=O)NO)C(C)(C)C. The molecule has 0 spiro atoms. The summed E-state index contributed by atoms with van der Waals surface area (Å²) in [5, 5.41) is 11.4. The number of carbonyl (C=O) groups excluding carboxylic acids is 2. The summed E-state index contributed by atoms with van der Waals surface area (Å²) in [7, 11) is 0. The molecule has 2 amide bonds. The summed E-state index contributed by atoms with van der Waals surface area (Å²) in [6.07, 6.45) is 1.70. The van der Waals surface area contributed by atoms with Gasteiger partial charge in [-0.3, -0.25) is 14.8 Å². The van der Waals surface area contributed by atoms with Gasteiger partial charge in [0.1, 0.15) is 6.04 Å². The monoisotopic (exact) mass is 244 g/mol. The van der Waals surface area contributed by atoms with Gasteiger partial charge in [-0.1, -0.05) is 41.0 Å². The summed E-state index contributed by atoms with van der Waals surface area (Å²) in [5.41, 5.74) is 1.14. The van der Waals surface area contributed by atoms with Crippen molar-refractivity contribution in [1.82, 2.24) is 10.8 Å². The van der Waals surface area contributed by atoms with E-state index >= 15 is 0 Å². The summed E-state index contributed by atoms with van der Waals surface area (Å²) in [6, 6.07) is -0.737. The molecule has 0 rings (SSSR count). The Labute approximate surface area is 103 Å². The van der Waals surface area contributed by atoms with E-state index < -0.39 is 17.4 Å². The average molecular weight is 244 g/mol. The van der Waals surface area contributed by atoms with Crippen LogP contribution in [-0.4, -0.2) is 23.1 Å². The Morgan fingerprint density at radius 2 is 1.76 bits per heavy atom. The lowest BCUT2D eigenvalue weighted by Crippen LogP contribution is -2.54. The Morgan fingerprint density at radius 3 is 2.12 bits per heavy atom. The number of hydrogen-bond acceptors (Lipinski definition) is 3. The zero-order chi connectivity index (χ0) is 13.6. The molecule has 0 fully saturated rings. The van der Waals surface area contributed by atoms with Gasteiger partial charge >= 0.3 is 0 Å². The van der Waals surface area contributed by atoms with Gasteiger partial charge in [-0.05, 0) is 11.8 Å². The van der Waals surface area contributed by atoms with Gasteiger partial charge in [-0.2, -0.15) is 0 Å². The van der Waals surface area contributed by atoms with Gasteiger partial charge in [0.05, 0.1) is 0 Å². The molecule has 100 valence electrons. The van der Waals surface area contributed by atoms with Gasteiger partial charge in [-0.25, -0.2) is 5.48 Å². The molecule has 0 heterocycles. The lowest BCUT2D eigenvalue weighted by Gasteiger charge is -2.30. The van der Waals surface area contributed by atoms with E-state index in [0.29, 0.717) is 0 Å². The fourth-order valence-corrected chi connectivity index (χ4v) is 1.59. The minimum absolute atomic E-state index is 0.128. The van der Waals surface area contributed by atoms with E-state index in [-0.39, 0.29) is 11.8 Å². The molecule has 5 heteroatoms. The van der Waals surface area contributed by atoms with Crippen molar-refractivity contribution in [2.75, 3.05) is 0 Å². The Balaban J connectivity index is 4.66. The minimum Gasteiger partial charge on any atom is -0.343 e. The van der Waals surface area contributed by atoms with Crippen molar-refractivity contribution in [2.24, 2.45) is 11.3 Å². The molecule has 0 aromatic carbocycles. The molecule has 0 radical (unpaired) electrons. The van der Waals surface area contributed by atoms with E-state index in [1.165, 1.54) is 0 Å². The highest BCUT2D eigenvalue weighted by Gasteiger charge is 2.33. The van der Waals surface area contributed by atoms with Gasteiger partial charge < -0.3 is 5.32 Å². The van der Waals surface area contributed by atoms with Gasteiger partial charge in [-0.15, -0.1) is 0 Å². The van der Waals surface area contributed by atoms with Crippen LogP contribution in [0.2, 0.25) is 0 Å². The molecule has 0 saturated carbocycles. The molecule has 3 N–H and O–H groups in total. The Kier molecular flexibility index (Phi) is 6.16. The molecule has 0 bridgehead atoms. The predicted molar refractivity (Wildman–Crippen MR) is 65.4 cm³/mol. The van der Waals surface area contributed by atoms with Crippen LogP contribution < -0.4 is 10.8 Å². The summed E-state index contributed by atoms with van der Waals surface area (Å²) in [4.78, 5) is 23.3. The molecule has 5 nitrogen and oxygen atoms in total. The van der Waals surface area contributed by atoms with E-state index in [1.807, 2.05) is 34.6 Å². The fraction of sp³-hybridized carbons (Fsp3) is 0.833. The molecule has 0 saturated heterocycles. The fourth-order valence-electron chi connectivity index (χ4n) is 1.59.